The van der Waals surface area contributed by atoms with Gasteiger partial charge in [0.15, 0.2) is 5.78 Å². The molecule has 5 N–H and O–H groups in total. The summed E-state index contributed by atoms with van der Waals surface area (Å²) in [5, 5.41) is 20.0. The van der Waals surface area contributed by atoms with E-state index in [1.54, 1.807) is 87.0 Å². The van der Waals surface area contributed by atoms with Gasteiger partial charge in [-0.15, -0.1) is 0 Å². The van der Waals surface area contributed by atoms with Crippen LogP contribution in [0.4, 0.5) is 10.5 Å². The van der Waals surface area contributed by atoms with Gasteiger partial charge in [-0.25, -0.2) is 19.6 Å². The number of anilines is 1. The Hall–Kier alpha value is -8.96. The van der Waals surface area contributed by atoms with Crippen molar-refractivity contribution < 1.29 is 80.1 Å². The predicted molar refractivity (Wildman–Crippen MR) is 357 cm³/mol. The maximum Gasteiger partial charge on any atom is 0.409 e. The molecule has 2 aliphatic heterocycles. The van der Waals surface area contributed by atoms with Crippen LogP contribution in [0.25, 0.3) is 33.3 Å². The Kier molecular flexibility index (Phi) is 25.4. The van der Waals surface area contributed by atoms with E-state index in [0.717, 1.165) is 34.1 Å². The number of benzene rings is 2. The SMILES string of the molecule is CCc1c2c(nc3ccc(O)cc13)-c1cc3c(c(=O)n1C2)COC(=O)[C@@]3(CC)OC(=O)CCCN(C)C(=O)OCc1ccc(NC(=O)[C@H](C)CC(=O)[C@@H](NC(=O)CCOCCOCCNC(=O)[C@@H](CC(=O)CCn2c(CN(C)CC)cc3cccnc32)CS(=O)(=O)O)C(C)C)cc1. The maximum atomic E-state index is 14.1. The van der Waals surface area contributed by atoms with Crippen molar-refractivity contribution in [2.75, 3.05) is 71.2 Å². The second-order valence-electron chi connectivity index (χ2n) is 24.9. The van der Waals surface area contributed by atoms with Crippen LogP contribution in [0.3, 0.4) is 0 Å². The Bertz CT molecular complexity index is 4080. The van der Waals surface area contributed by atoms with Gasteiger partial charge in [-0.3, -0.25) is 38.1 Å². The number of aryl methyl sites for hydroxylation is 2. The summed E-state index contributed by atoms with van der Waals surface area (Å²) in [6.45, 7) is 12.6. The number of nitrogens with zero attached hydrogens (tertiary/aromatic N) is 6. The third-order valence-corrected chi connectivity index (χ3v) is 18.3. The molecule has 0 unspecified atom stereocenters. The smallest absolute Gasteiger partial charge is 0.409 e. The summed E-state index contributed by atoms with van der Waals surface area (Å²) >= 11 is 0. The molecule has 0 bridgehead atoms. The molecule has 2 aromatic carbocycles. The maximum absolute atomic E-state index is 14.1. The highest BCUT2D eigenvalue weighted by Crippen LogP contribution is 2.43. The third kappa shape index (κ3) is 18.8. The first-order valence-electron chi connectivity index (χ1n) is 32.7. The van der Waals surface area contributed by atoms with Crippen LogP contribution in [-0.4, -0.2) is 166 Å². The Labute approximate surface area is 562 Å². The Balaban J connectivity index is 0.699. The number of carbonyl (C=O) groups excluding carboxylic acids is 8. The minimum Gasteiger partial charge on any atom is -0.508 e. The van der Waals surface area contributed by atoms with Crippen molar-refractivity contribution in [2.24, 2.45) is 17.8 Å². The number of carbonyl (C=O) groups is 8. The molecule has 0 saturated heterocycles. The van der Waals surface area contributed by atoms with Crippen LogP contribution >= 0.6 is 0 Å². The number of aromatic hydroxyl groups is 1. The Morgan fingerprint density at radius 2 is 1.61 bits per heavy atom. The Morgan fingerprint density at radius 1 is 0.866 bits per heavy atom. The van der Waals surface area contributed by atoms with Crippen LogP contribution < -0.4 is 21.5 Å². The van der Waals surface area contributed by atoms with E-state index >= 15 is 0 Å². The quantitative estimate of drug-likeness (QED) is 0.0121. The van der Waals surface area contributed by atoms with Gasteiger partial charge in [0.1, 0.15) is 30.4 Å². The van der Waals surface area contributed by atoms with Gasteiger partial charge in [0.05, 0.1) is 73.2 Å². The molecule has 6 heterocycles. The molecule has 0 aliphatic carbocycles. The van der Waals surface area contributed by atoms with Gasteiger partial charge in [-0.05, 0) is 104 Å². The largest absolute Gasteiger partial charge is 0.508 e. The van der Waals surface area contributed by atoms with Crippen molar-refractivity contribution in [3.63, 3.8) is 0 Å². The summed E-state index contributed by atoms with van der Waals surface area (Å²) in [5.74, 6) is -7.11. The zero-order valence-corrected chi connectivity index (χ0v) is 56.9. The molecule has 0 radical (unpaired) electrons. The molecular formula is C69H87N9O18S. The second kappa shape index (κ2) is 33.3. The molecular weight excluding hydrogens is 1270 g/mol. The lowest BCUT2D eigenvalue weighted by Crippen LogP contribution is -2.47. The van der Waals surface area contributed by atoms with E-state index in [9.17, 15) is 61.2 Å². The lowest BCUT2D eigenvalue weighted by atomic mass is 9.85. The molecule has 0 fully saturated rings. The standard InChI is InChI=1S/C69H87N9O18S/c1-9-51-52-35-49(79)20-21-56(52)73-62-53(51)38-78-57(62)36-55-54(66(78)86)40-94-67(87)69(55,10-2)96-60(83)15-13-26-76(8)68(88)95-39-44-16-18-47(19-17-44)72-64(84)43(6)32-58(81)61(42(4)5)74-59(82)23-28-92-30-31-93-29-25-71-65(85)46(41-97(89,90)91)34-50(80)22-27-77-48(37-75(7)11-3)33-45-14-12-24-70-63(45)77/h12,14,16-21,24,33,35-36,42-43,46,61,79H,9-11,13,15,22-23,25-32,34,37-41H2,1-8H3,(H,71,85)(H,72,84)(H,74,82)(H,89,90,91)/t43-,46+,61+,69+/m1/s1. The number of phenols is 1. The topological polar surface area (TPSA) is 353 Å². The van der Waals surface area contributed by atoms with E-state index in [1.807, 2.05) is 43.7 Å². The van der Waals surface area contributed by atoms with E-state index < -0.39 is 87.1 Å². The van der Waals surface area contributed by atoms with E-state index in [-0.39, 0.29) is 139 Å². The van der Waals surface area contributed by atoms with Crippen LogP contribution in [0.1, 0.15) is 120 Å². The number of cyclic esters (lactones) is 1. The van der Waals surface area contributed by atoms with Gasteiger partial charge in [0.25, 0.3) is 15.7 Å². The van der Waals surface area contributed by atoms with Gasteiger partial charge in [-0.1, -0.05) is 53.7 Å². The molecule has 2 aliphatic rings. The van der Waals surface area contributed by atoms with Crippen molar-refractivity contribution in [3.8, 4) is 17.1 Å². The predicted octanol–water partition coefficient (Wildman–Crippen LogP) is 6.52. The van der Waals surface area contributed by atoms with Crippen LogP contribution in [0.2, 0.25) is 0 Å². The molecule has 0 saturated carbocycles. The average Bonchev–Trinajstić information content (AvgIpc) is 1.63. The summed E-state index contributed by atoms with van der Waals surface area (Å²) in [7, 11) is -1.13. The molecule has 6 aromatic rings. The summed E-state index contributed by atoms with van der Waals surface area (Å²) in [6, 6.07) is 18.0. The summed E-state index contributed by atoms with van der Waals surface area (Å²) < 4.78 is 64.9. The van der Waals surface area contributed by atoms with Crippen molar-refractivity contribution in [1.82, 2.24) is 39.5 Å². The number of rotatable bonds is 36. The summed E-state index contributed by atoms with van der Waals surface area (Å²) in [4.78, 5) is 133. The minimum absolute atomic E-state index is 0.00114. The lowest BCUT2D eigenvalue weighted by molar-refractivity contribution is -0.189. The number of hydrogen-bond donors (Lipinski definition) is 5. The van der Waals surface area contributed by atoms with Gasteiger partial charge < -0.3 is 63.7 Å². The molecule has 4 amide bonds. The number of ether oxygens (including phenoxy) is 5. The van der Waals surface area contributed by atoms with Crippen LogP contribution in [-0.2, 0) is 112 Å². The highest BCUT2D eigenvalue weighted by Gasteiger charge is 2.50. The van der Waals surface area contributed by atoms with Gasteiger partial charge in [0.2, 0.25) is 23.3 Å². The molecule has 97 heavy (non-hydrogen) atoms. The first kappa shape index (κ1) is 73.8. The van der Waals surface area contributed by atoms with Crippen molar-refractivity contribution in [3.05, 3.63) is 117 Å². The molecule has 8 rings (SSSR count). The van der Waals surface area contributed by atoms with Crippen molar-refractivity contribution >= 4 is 85.1 Å². The minimum atomic E-state index is -4.60. The normalized spacial score (nSPS) is 15.1. The molecule has 28 heteroatoms. The highest BCUT2D eigenvalue weighted by atomic mass is 32.2. The van der Waals surface area contributed by atoms with E-state index in [4.69, 9.17) is 28.7 Å². The monoisotopic (exact) mass is 1360 g/mol. The highest BCUT2D eigenvalue weighted by molar-refractivity contribution is 7.85. The molecule has 4 atom stereocenters. The fourth-order valence-corrected chi connectivity index (χ4v) is 12.8. The molecule has 522 valence electrons. The number of hydrogen-bond acceptors (Lipinski definition) is 20. The second-order valence-corrected chi connectivity index (χ2v) is 26.4. The molecule has 27 nitrogen and oxygen atoms in total. The first-order chi connectivity index (χ1) is 46.2. The number of ketones is 2. The summed E-state index contributed by atoms with van der Waals surface area (Å²) in [5.41, 5.74) is 4.25. The fourth-order valence-electron chi connectivity index (χ4n) is 12.0. The third-order valence-electron chi connectivity index (χ3n) is 17.4. The van der Waals surface area contributed by atoms with E-state index in [0.29, 0.717) is 46.8 Å². The van der Waals surface area contributed by atoms with Gasteiger partial charge >= 0.3 is 18.0 Å². The van der Waals surface area contributed by atoms with Gasteiger partial charge in [0, 0.05) is 111 Å². The first-order valence-corrected chi connectivity index (χ1v) is 34.3. The number of esters is 2. The fraction of sp³-hybridized carbons (Fsp3) is 0.493. The average molecular weight is 1360 g/mol. The van der Waals surface area contributed by atoms with Crippen LogP contribution in [0.15, 0.2) is 77.7 Å². The van der Waals surface area contributed by atoms with Crippen LogP contribution in [0.5, 0.6) is 5.75 Å². The zero-order chi connectivity index (χ0) is 70.3. The van der Waals surface area contributed by atoms with E-state index in [1.165, 1.54) is 11.9 Å². The number of Topliss-reactive ketones (excluding diaryl/α,β-unsaturated/α-hetero) is 2. The molecule has 0 spiro atoms. The number of pyridine rings is 3. The van der Waals surface area contributed by atoms with Crippen molar-refractivity contribution in [1.29, 1.82) is 0 Å². The van der Waals surface area contributed by atoms with Gasteiger partial charge in [-0.2, -0.15) is 8.42 Å². The molecule has 4 aromatic heterocycles. The zero-order valence-electron chi connectivity index (χ0n) is 56.1. The van der Waals surface area contributed by atoms with E-state index in [2.05, 4.69) is 25.8 Å². The number of phenolic OH excluding ortho intramolecular Hbond substituents is 1. The van der Waals surface area contributed by atoms with Crippen LogP contribution in [0, 0.1) is 17.8 Å². The lowest BCUT2D eigenvalue weighted by Gasteiger charge is -2.35. The number of amides is 4. The number of aromatic nitrogens is 4. The number of fused-ring (bicyclic) bond motifs is 6. The van der Waals surface area contributed by atoms with Crippen molar-refractivity contribution in [2.45, 2.75) is 137 Å². The Morgan fingerprint density at radius 3 is 2.31 bits per heavy atom. The number of nitrogens with one attached hydrogen (secondary N) is 3. The summed E-state index contributed by atoms with van der Waals surface area (Å²) in [6.07, 6.45) is 0.884.